The number of ether oxygens (including phenoxy) is 2. The predicted octanol–water partition coefficient (Wildman–Crippen LogP) is 5.86. The largest absolute Gasteiger partial charge is 0.497 e. The molecule has 1 aliphatic heterocycles. The Bertz CT molecular complexity index is 1170. The van der Waals surface area contributed by atoms with E-state index in [-0.39, 0.29) is 18.2 Å². The van der Waals surface area contributed by atoms with E-state index in [1.54, 1.807) is 44.4 Å². The standard InChI is InChI=1S/C23H21ClN2O4S3/c1-13(2)19(22(28)30-12-14-8-10-15(29-3)11-9-14)26-20(27)18(24)21(26)32-33-23-25-16-6-4-5-7-17(16)31-23/h4-11,18,21H,12H2,1-3H3. The van der Waals surface area contributed by atoms with Gasteiger partial charge in [-0.2, -0.15) is 0 Å². The van der Waals surface area contributed by atoms with E-state index >= 15 is 0 Å². The third-order valence-corrected chi connectivity index (χ3v) is 9.49. The van der Waals surface area contributed by atoms with Crippen molar-refractivity contribution in [1.82, 2.24) is 9.88 Å². The molecule has 2 aromatic carbocycles. The zero-order valence-corrected chi connectivity index (χ0v) is 21.3. The van der Waals surface area contributed by atoms with Crippen LogP contribution in [0.25, 0.3) is 10.2 Å². The molecule has 4 rings (SSSR count). The van der Waals surface area contributed by atoms with Gasteiger partial charge in [0.15, 0.2) is 4.34 Å². The maximum atomic E-state index is 12.9. The number of hydrogen-bond acceptors (Lipinski definition) is 8. The molecule has 1 aromatic heterocycles. The van der Waals surface area contributed by atoms with Crippen LogP contribution in [0.2, 0.25) is 0 Å². The average Bonchev–Trinajstić information content (AvgIpc) is 3.24. The van der Waals surface area contributed by atoms with Crippen molar-refractivity contribution < 1.29 is 19.1 Å². The number of esters is 1. The molecule has 33 heavy (non-hydrogen) atoms. The van der Waals surface area contributed by atoms with Crippen molar-refractivity contribution in [2.45, 2.75) is 35.5 Å². The molecule has 1 amide bonds. The zero-order valence-electron chi connectivity index (χ0n) is 18.1. The number of para-hydroxylation sites is 1. The van der Waals surface area contributed by atoms with Crippen molar-refractivity contribution in [2.75, 3.05) is 7.11 Å². The van der Waals surface area contributed by atoms with E-state index < -0.39 is 16.7 Å². The molecule has 1 aliphatic rings. The third-order valence-electron chi connectivity index (χ3n) is 4.91. The van der Waals surface area contributed by atoms with Crippen molar-refractivity contribution >= 4 is 66.6 Å². The molecule has 2 unspecified atom stereocenters. The molecule has 0 radical (unpaired) electrons. The summed E-state index contributed by atoms with van der Waals surface area (Å²) >= 11 is 7.91. The van der Waals surface area contributed by atoms with Crippen LogP contribution in [0.1, 0.15) is 19.4 Å². The fourth-order valence-electron chi connectivity index (χ4n) is 3.22. The molecule has 0 bridgehead atoms. The van der Waals surface area contributed by atoms with Gasteiger partial charge in [-0.25, -0.2) is 9.78 Å². The lowest BCUT2D eigenvalue weighted by atomic mass is 10.1. The maximum absolute atomic E-state index is 12.9. The average molecular weight is 521 g/mol. The van der Waals surface area contributed by atoms with Gasteiger partial charge >= 0.3 is 5.97 Å². The number of rotatable bonds is 8. The van der Waals surface area contributed by atoms with Crippen LogP contribution in [0.4, 0.5) is 0 Å². The normalized spacial score (nSPS) is 17.6. The highest BCUT2D eigenvalue weighted by Crippen LogP contribution is 2.47. The number of hydrogen-bond donors (Lipinski definition) is 0. The zero-order chi connectivity index (χ0) is 23.5. The molecule has 0 saturated carbocycles. The molecule has 0 aliphatic carbocycles. The number of benzene rings is 2. The molecule has 6 nitrogen and oxygen atoms in total. The highest BCUT2D eigenvalue weighted by Gasteiger charge is 2.51. The first-order valence-electron chi connectivity index (χ1n) is 10.0. The minimum absolute atomic E-state index is 0.0875. The van der Waals surface area contributed by atoms with E-state index in [4.69, 9.17) is 21.1 Å². The molecule has 172 valence electrons. The predicted molar refractivity (Wildman–Crippen MR) is 135 cm³/mol. The van der Waals surface area contributed by atoms with Gasteiger partial charge in [0.1, 0.15) is 28.8 Å². The van der Waals surface area contributed by atoms with Gasteiger partial charge in [-0.05, 0) is 60.0 Å². The van der Waals surface area contributed by atoms with E-state index in [9.17, 15) is 9.59 Å². The molecule has 2 atom stereocenters. The smallest absolute Gasteiger partial charge is 0.355 e. The van der Waals surface area contributed by atoms with Crippen molar-refractivity contribution in [2.24, 2.45) is 0 Å². The number of aromatic nitrogens is 1. The Labute approximate surface area is 208 Å². The summed E-state index contributed by atoms with van der Waals surface area (Å²) in [5.74, 6) is -0.144. The lowest BCUT2D eigenvalue weighted by molar-refractivity contribution is -0.149. The Morgan fingerprint density at radius 1 is 1.18 bits per heavy atom. The highest BCUT2D eigenvalue weighted by atomic mass is 35.5. The Morgan fingerprint density at radius 2 is 1.91 bits per heavy atom. The first-order chi connectivity index (χ1) is 15.9. The number of nitrogens with zero attached hydrogens (tertiary/aromatic N) is 2. The van der Waals surface area contributed by atoms with Crippen molar-refractivity contribution in [3.63, 3.8) is 0 Å². The fraction of sp³-hybridized carbons (Fsp3) is 0.261. The molecule has 3 aromatic rings. The topological polar surface area (TPSA) is 68.7 Å². The van der Waals surface area contributed by atoms with E-state index in [1.165, 1.54) is 26.5 Å². The van der Waals surface area contributed by atoms with E-state index in [1.807, 2.05) is 36.4 Å². The van der Waals surface area contributed by atoms with Gasteiger partial charge in [-0.3, -0.25) is 9.69 Å². The molecule has 2 heterocycles. The van der Waals surface area contributed by atoms with E-state index in [2.05, 4.69) is 4.98 Å². The molecule has 10 heteroatoms. The number of amides is 1. The number of β-lactam (4-membered cyclic amide) rings is 1. The minimum atomic E-state index is -0.722. The number of carbonyl (C=O) groups is 2. The van der Waals surface area contributed by atoms with Crippen LogP contribution in [0.15, 0.2) is 64.1 Å². The second-order valence-corrected chi connectivity index (χ2v) is 11.5. The van der Waals surface area contributed by atoms with Gasteiger partial charge in [-0.15, -0.1) is 22.9 Å². The van der Waals surface area contributed by atoms with Crippen molar-refractivity contribution in [3.8, 4) is 5.75 Å². The number of likely N-dealkylation sites (tertiary alicyclic amines) is 1. The van der Waals surface area contributed by atoms with Crippen molar-refractivity contribution in [1.29, 1.82) is 0 Å². The number of fused-ring (bicyclic) bond motifs is 1. The summed E-state index contributed by atoms with van der Waals surface area (Å²) in [7, 11) is 4.46. The maximum Gasteiger partial charge on any atom is 0.355 e. The summed E-state index contributed by atoms with van der Waals surface area (Å²) in [5.41, 5.74) is 2.66. The molecular weight excluding hydrogens is 500 g/mol. The van der Waals surface area contributed by atoms with Crippen molar-refractivity contribution in [3.05, 3.63) is 65.4 Å². The monoisotopic (exact) mass is 520 g/mol. The highest BCUT2D eigenvalue weighted by molar-refractivity contribution is 8.77. The minimum Gasteiger partial charge on any atom is -0.497 e. The summed E-state index contributed by atoms with van der Waals surface area (Å²) in [6.45, 7) is 3.65. The Balaban J connectivity index is 1.44. The molecular formula is C23H21ClN2O4S3. The van der Waals surface area contributed by atoms with Crippen LogP contribution in [-0.4, -0.2) is 39.6 Å². The summed E-state index contributed by atoms with van der Waals surface area (Å²) in [6.07, 6.45) is 0. The molecule has 0 spiro atoms. The van der Waals surface area contributed by atoms with Gasteiger partial charge in [0.25, 0.3) is 0 Å². The first-order valence-corrected chi connectivity index (χ1v) is 13.5. The summed E-state index contributed by atoms with van der Waals surface area (Å²) < 4.78 is 12.6. The van der Waals surface area contributed by atoms with Gasteiger partial charge in [-0.1, -0.05) is 35.1 Å². The van der Waals surface area contributed by atoms with Gasteiger partial charge in [0.05, 0.1) is 17.3 Å². The van der Waals surface area contributed by atoms with Crippen LogP contribution < -0.4 is 4.74 Å². The second kappa shape index (κ2) is 10.4. The quantitative estimate of drug-likeness (QED) is 0.121. The van der Waals surface area contributed by atoms with Crippen LogP contribution in [0.3, 0.4) is 0 Å². The number of methoxy groups -OCH3 is 1. The molecule has 1 saturated heterocycles. The number of carbonyl (C=O) groups excluding carboxylic acids is 2. The van der Waals surface area contributed by atoms with E-state index in [0.717, 1.165) is 25.9 Å². The van der Waals surface area contributed by atoms with Crippen LogP contribution in [0.5, 0.6) is 5.75 Å². The van der Waals surface area contributed by atoms with Gasteiger partial charge in [0, 0.05) is 0 Å². The van der Waals surface area contributed by atoms with E-state index in [0.29, 0.717) is 5.57 Å². The Hall–Kier alpha value is -2.20. The van der Waals surface area contributed by atoms with Crippen LogP contribution >= 0.6 is 44.5 Å². The van der Waals surface area contributed by atoms with Gasteiger partial charge in [0.2, 0.25) is 5.91 Å². The Kier molecular flexibility index (Phi) is 7.53. The summed E-state index contributed by atoms with van der Waals surface area (Å²) in [5, 5.41) is -1.13. The van der Waals surface area contributed by atoms with Crippen LogP contribution in [0, 0.1) is 0 Å². The SMILES string of the molecule is COc1ccc(COC(=O)C(=C(C)C)N2C(=O)C(Cl)C2SSc2nc3ccccc3s2)cc1. The number of thiazole rings is 1. The Morgan fingerprint density at radius 3 is 2.58 bits per heavy atom. The van der Waals surface area contributed by atoms with Crippen LogP contribution in [-0.2, 0) is 20.9 Å². The number of allylic oxidation sites excluding steroid dienone is 1. The molecule has 0 N–H and O–H groups in total. The number of halogens is 1. The van der Waals surface area contributed by atoms with Gasteiger partial charge < -0.3 is 9.47 Å². The summed E-state index contributed by atoms with van der Waals surface area (Å²) in [6, 6.07) is 15.2. The number of alkyl halides is 1. The molecule has 1 fully saturated rings. The lowest BCUT2D eigenvalue weighted by Gasteiger charge is -2.43. The first kappa shape index (κ1) is 23.9. The summed E-state index contributed by atoms with van der Waals surface area (Å²) in [4.78, 5) is 31.6. The third kappa shape index (κ3) is 5.16. The lowest BCUT2D eigenvalue weighted by Crippen LogP contribution is -2.60. The fourth-order valence-corrected chi connectivity index (χ4v) is 7.61. The second-order valence-electron chi connectivity index (χ2n) is 7.40.